The van der Waals surface area contributed by atoms with Crippen molar-refractivity contribution in [2.24, 2.45) is 0 Å². The molecule has 7 nitrogen and oxygen atoms in total. The Labute approximate surface area is 158 Å². The molecular formula is C18H26N4O3S. The SMILES string of the molecule is CCC(NC(=O)OC(C)(C)C)C(=O)NC1CCN(c2ccsc2C#N)C1. The van der Waals surface area contributed by atoms with Gasteiger partial charge < -0.3 is 20.3 Å². The quantitative estimate of drug-likeness (QED) is 0.821. The number of nitrogens with one attached hydrogen (secondary N) is 2. The summed E-state index contributed by atoms with van der Waals surface area (Å²) >= 11 is 1.42. The molecule has 8 heteroatoms. The minimum atomic E-state index is -0.630. The molecule has 0 saturated carbocycles. The van der Waals surface area contributed by atoms with Gasteiger partial charge in [0.15, 0.2) is 0 Å². The molecule has 2 atom stereocenters. The van der Waals surface area contributed by atoms with Crippen molar-refractivity contribution in [2.45, 2.75) is 58.2 Å². The number of nitriles is 1. The minimum absolute atomic E-state index is 0.0107. The van der Waals surface area contributed by atoms with Crippen LogP contribution in [-0.4, -0.2) is 42.8 Å². The van der Waals surface area contributed by atoms with Gasteiger partial charge in [0.25, 0.3) is 0 Å². The molecule has 2 N–H and O–H groups in total. The number of ether oxygens (including phenoxy) is 1. The summed E-state index contributed by atoms with van der Waals surface area (Å²) in [6, 6.07) is 3.50. The van der Waals surface area contributed by atoms with Gasteiger partial charge in [0.2, 0.25) is 5.91 Å². The number of rotatable bonds is 5. The van der Waals surface area contributed by atoms with Crippen molar-refractivity contribution in [3.8, 4) is 6.07 Å². The summed E-state index contributed by atoms with van der Waals surface area (Å²) in [7, 11) is 0. The predicted octanol–water partition coefficient (Wildman–Crippen LogP) is 2.62. The number of hydrogen-bond donors (Lipinski definition) is 2. The standard InChI is InChI=1S/C18H26N4O3S/c1-5-13(21-17(24)25-18(2,3)4)16(23)20-12-6-8-22(11-12)14-7-9-26-15(14)10-19/h7,9,12-13H,5-6,8,11H2,1-4H3,(H,20,23)(H,21,24). The van der Waals surface area contributed by atoms with E-state index >= 15 is 0 Å². The first kappa shape index (κ1) is 20.0. The van der Waals surface area contributed by atoms with E-state index in [2.05, 4.69) is 21.6 Å². The second-order valence-electron chi connectivity index (χ2n) is 7.29. The Balaban J connectivity index is 1.88. The van der Waals surface area contributed by atoms with Crippen molar-refractivity contribution in [3.05, 3.63) is 16.3 Å². The Morgan fingerprint density at radius 3 is 2.85 bits per heavy atom. The highest BCUT2D eigenvalue weighted by Gasteiger charge is 2.29. The van der Waals surface area contributed by atoms with Gasteiger partial charge in [-0.1, -0.05) is 6.92 Å². The monoisotopic (exact) mass is 378 g/mol. The first-order chi connectivity index (χ1) is 12.2. The van der Waals surface area contributed by atoms with Crippen LogP contribution in [-0.2, 0) is 9.53 Å². The molecule has 1 aromatic rings. The van der Waals surface area contributed by atoms with Crippen molar-refractivity contribution in [2.75, 3.05) is 18.0 Å². The van der Waals surface area contributed by atoms with Gasteiger partial charge in [-0.2, -0.15) is 5.26 Å². The summed E-state index contributed by atoms with van der Waals surface area (Å²) in [5.74, 6) is -0.212. The molecule has 0 aromatic carbocycles. The normalized spacial score (nSPS) is 18.1. The van der Waals surface area contributed by atoms with E-state index in [-0.39, 0.29) is 11.9 Å². The van der Waals surface area contributed by atoms with Gasteiger partial charge in [-0.15, -0.1) is 11.3 Å². The van der Waals surface area contributed by atoms with E-state index in [9.17, 15) is 9.59 Å². The van der Waals surface area contributed by atoms with Crippen LogP contribution in [0, 0.1) is 11.3 Å². The highest BCUT2D eigenvalue weighted by molar-refractivity contribution is 7.11. The molecule has 0 spiro atoms. The second kappa shape index (κ2) is 8.41. The molecule has 1 aliphatic heterocycles. The number of alkyl carbamates (subject to hydrolysis) is 1. The highest BCUT2D eigenvalue weighted by Crippen LogP contribution is 2.28. The largest absolute Gasteiger partial charge is 0.444 e. The highest BCUT2D eigenvalue weighted by atomic mass is 32.1. The fourth-order valence-corrected chi connectivity index (χ4v) is 3.54. The Bertz CT molecular complexity index is 689. The summed E-state index contributed by atoms with van der Waals surface area (Å²) in [5.41, 5.74) is 0.317. The van der Waals surface area contributed by atoms with Crippen LogP contribution in [0.2, 0.25) is 0 Å². The summed E-state index contributed by atoms with van der Waals surface area (Å²) < 4.78 is 5.21. The third-order valence-corrected chi connectivity index (χ3v) is 4.85. The molecular weight excluding hydrogens is 352 g/mol. The lowest BCUT2D eigenvalue weighted by Gasteiger charge is -2.24. The zero-order valence-electron chi connectivity index (χ0n) is 15.7. The van der Waals surface area contributed by atoms with Crippen molar-refractivity contribution in [1.82, 2.24) is 10.6 Å². The molecule has 0 aliphatic carbocycles. The minimum Gasteiger partial charge on any atom is -0.444 e. The Morgan fingerprint density at radius 2 is 2.23 bits per heavy atom. The van der Waals surface area contributed by atoms with Crippen LogP contribution in [0.4, 0.5) is 10.5 Å². The number of carbonyl (C=O) groups is 2. The number of hydrogen-bond acceptors (Lipinski definition) is 6. The number of anilines is 1. The van der Waals surface area contributed by atoms with Gasteiger partial charge in [0.1, 0.15) is 22.6 Å². The first-order valence-corrected chi connectivity index (χ1v) is 9.64. The zero-order chi connectivity index (χ0) is 19.3. The van der Waals surface area contributed by atoms with Gasteiger partial charge in [-0.3, -0.25) is 4.79 Å². The topological polar surface area (TPSA) is 94.5 Å². The Hall–Kier alpha value is -2.27. The molecule has 1 aliphatic rings. The van der Waals surface area contributed by atoms with Gasteiger partial charge in [0, 0.05) is 19.1 Å². The maximum absolute atomic E-state index is 12.5. The maximum atomic E-state index is 12.5. The smallest absolute Gasteiger partial charge is 0.408 e. The first-order valence-electron chi connectivity index (χ1n) is 8.76. The van der Waals surface area contributed by atoms with E-state index in [1.54, 1.807) is 20.8 Å². The third kappa shape index (κ3) is 5.36. The van der Waals surface area contributed by atoms with Crippen LogP contribution < -0.4 is 15.5 Å². The second-order valence-corrected chi connectivity index (χ2v) is 8.21. The third-order valence-electron chi connectivity index (χ3n) is 4.04. The average molecular weight is 378 g/mol. The van der Waals surface area contributed by atoms with E-state index in [4.69, 9.17) is 10.00 Å². The molecule has 2 heterocycles. The molecule has 1 fully saturated rings. The molecule has 0 bridgehead atoms. The van der Waals surface area contributed by atoms with Crippen LogP contribution in [0.25, 0.3) is 0 Å². The van der Waals surface area contributed by atoms with Crippen LogP contribution in [0.3, 0.4) is 0 Å². The molecule has 0 radical (unpaired) electrons. The summed E-state index contributed by atoms with van der Waals surface area (Å²) in [5, 5.41) is 16.7. The summed E-state index contributed by atoms with van der Waals surface area (Å²) in [4.78, 5) is 27.2. The molecule has 26 heavy (non-hydrogen) atoms. The van der Waals surface area contributed by atoms with E-state index in [0.29, 0.717) is 17.8 Å². The van der Waals surface area contributed by atoms with Crippen LogP contribution in [0.15, 0.2) is 11.4 Å². The molecule has 142 valence electrons. The molecule has 2 unspecified atom stereocenters. The van der Waals surface area contributed by atoms with E-state index < -0.39 is 17.7 Å². The van der Waals surface area contributed by atoms with E-state index in [1.165, 1.54) is 11.3 Å². The number of nitrogens with zero attached hydrogens (tertiary/aromatic N) is 2. The molecule has 2 rings (SSSR count). The molecule has 1 saturated heterocycles. The fraction of sp³-hybridized carbons (Fsp3) is 0.611. The van der Waals surface area contributed by atoms with E-state index in [0.717, 1.165) is 18.7 Å². The summed E-state index contributed by atoms with van der Waals surface area (Å²) in [6.07, 6.45) is 0.685. The van der Waals surface area contributed by atoms with Crippen LogP contribution in [0.1, 0.15) is 45.4 Å². The molecule has 1 aromatic heterocycles. The van der Waals surface area contributed by atoms with Crippen molar-refractivity contribution in [3.63, 3.8) is 0 Å². The van der Waals surface area contributed by atoms with Gasteiger partial charge in [-0.05, 0) is 45.1 Å². The Kier molecular flexibility index (Phi) is 6.48. The molecule has 2 amide bonds. The van der Waals surface area contributed by atoms with E-state index in [1.807, 2.05) is 18.4 Å². The van der Waals surface area contributed by atoms with Gasteiger partial charge in [-0.25, -0.2) is 4.79 Å². The van der Waals surface area contributed by atoms with Crippen molar-refractivity contribution in [1.29, 1.82) is 5.26 Å². The zero-order valence-corrected chi connectivity index (χ0v) is 16.5. The number of carbonyl (C=O) groups excluding carboxylic acids is 2. The van der Waals surface area contributed by atoms with Gasteiger partial charge >= 0.3 is 6.09 Å². The Morgan fingerprint density at radius 1 is 1.50 bits per heavy atom. The van der Waals surface area contributed by atoms with Crippen molar-refractivity contribution >= 4 is 29.0 Å². The van der Waals surface area contributed by atoms with Crippen molar-refractivity contribution < 1.29 is 14.3 Å². The maximum Gasteiger partial charge on any atom is 0.408 e. The predicted molar refractivity (Wildman–Crippen MR) is 101 cm³/mol. The summed E-state index contributed by atoms with van der Waals surface area (Å²) in [6.45, 7) is 8.61. The average Bonchev–Trinajstić information content (AvgIpc) is 3.18. The van der Waals surface area contributed by atoms with Gasteiger partial charge in [0.05, 0.1) is 5.69 Å². The lowest BCUT2D eigenvalue weighted by atomic mass is 10.2. The number of amides is 2. The fourth-order valence-electron chi connectivity index (χ4n) is 2.84. The number of thiophene rings is 1. The lowest BCUT2D eigenvalue weighted by molar-refractivity contribution is -0.123. The lowest BCUT2D eigenvalue weighted by Crippen LogP contribution is -2.50. The van der Waals surface area contributed by atoms with Crippen LogP contribution >= 0.6 is 11.3 Å². The van der Waals surface area contributed by atoms with Crippen LogP contribution in [0.5, 0.6) is 0 Å².